The number of halogens is 1. The van der Waals surface area contributed by atoms with Gasteiger partial charge >= 0.3 is 0 Å². The first-order valence-corrected chi connectivity index (χ1v) is 5.69. The lowest BCUT2D eigenvalue weighted by atomic mass is 10.2. The molecule has 1 saturated heterocycles. The minimum atomic E-state index is -0.253. The number of amides is 2. The topological polar surface area (TPSA) is 49.4 Å². The van der Waals surface area contributed by atoms with Gasteiger partial charge in [0.05, 0.1) is 13.1 Å². The maximum atomic E-state index is 11.2. The number of carbonyl (C=O) groups is 2. The van der Waals surface area contributed by atoms with Gasteiger partial charge in [-0.25, -0.2) is 0 Å². The molecule has 0 aliphatic carbocycles. The van der Waals surface area contributed by atoms with Crippen molar-refractivity contribution < 1.29 is 9.59 Å². The number of hydrogen-bond acceptors (Lipinski definition) is 3. The lowest BCUT2D eigenvalue weighted by Gasteiger charge is -2.27. The molecule has 0 saturated carbocycles. The van der Waals surface area contributed by atoms with Crippen molar-refractivity contribution in [2.45, 2.75) is 6.92 Å². The number of aryl methyl sites for hydroxylation is 1. The van der Waals surface area contributed by atoms with Crippen molar-refractivity contribution in [2.75, 3.05) is 18.0 Å². The van der Waals surface area contributed by atoms with Crippen LogP contribution in [0.5, 0.6) is 0 Å². The lowest BCUT2D eigenvalue weighted by Crippen LogP contribution is -2.51. The summed E-state index contributed by atoms with van der Waals surface area (Å²) in [6.07, 6.45) is 0. The second-order valence-corrected chi connectivity index (χ2v) is 4.62. The molecule has 4 nitrogen and oxygen atoms in total. The summed E-state index contributed by atoms with van der Waals surface area (Å²) in [6, 6.07) is 5.76. The molecule has 0 bridgehead atoms. The molecule has 1 fully saturated rings. The van der Waals surface area contributed by atoms with Gasteiger partial charge in [0.1, 0.15) is 0 Å². The molecule has 1 aromatic carbocycles. The first-order valence-electron chi connectivity index (χ1n) is 4.90. The van der Waals surface area contributed by atoms with Crippen LogP contribution >= 0.6 is 15.9 Å². The van der Waals surface area contributed by atoms with Crippen LogP contribution in [0.2, 0.25) is 0 Å². The molecule has 0 aromatic heterocycles. The predicted octanol–water partition coefficient (Wildman–Crippen LogP) is 1.22. The van der Waals surface area contributed by atoms with Gasteiger partial charge in [0.2, 0.25) is 11.8 Å². The van der Waals surface area contributed by atoms with E-state index in [1.165, 1.54) is 0 Å². The number of anilines is 1. The van der Waals surface area contributed by atoms with Gasteiger partial charge in [-0.15, -0.1) is 0 Å². The molecule has 1 aromatic rings. The average molecular weight is 283 g/mol. The highest BCUT2D eigenvalue weighted by Gasteiger charge is 2.22. The molecule has 1 aliphatic rings. The summed E-state index contributed by atoms with van der Waals surface area (Å²) in [5.41, 5.74) is 1.97. The largest absolute Gasteiger partial charge is 0.353 e. The van der Waals surface area contributed by atoms with E-state index in [9.17, 15) is 9.59 Å². The van der Waals surface area contributed by atoms with E-state index in [0.717, 1.165) is 15.7 Å². The Morgan fingerprint density at radius 2 is 1.88 bits per heavy atom. The molecular weight excluding hydrogens is 272 g/mol. The van der Waals surface area contributed by atoms with E-state index < -0.39 is 0 Å². The summed E-state index contributed by atoms with van der Waals surface area (Å²) in [4.78, 5) is 24.2. The molecule has 1 heterocycles. The Hall–Kier alpha value is -1.36. The molecule has 0 radical (unpaired) electrons. The molecule has 1 aliphatic heterocycles. The third kappa shape index (κ3) is 2.24. The van der Waals surface area contributed by atoms with Crippen LogP contribution in [0, 0.1) is 6.92 Å². The Kier molecular flexibility index (Phi) is 2.96. The van der Waals surface area contributed by atoms with Crippen molar-refractivity contribution in [3.63, 3.8) is 0 Å². The highest BCUT2D eigenvalue weighted by atomic mass is 79.9. The van der Waals surface area contributed by atoms with Gasteiger partial charge in [-0.3, -0.25) is 14.9 Å². The summed E-state index contributed by atoms with van der Waals surface area (Å²) in [5.74, 6) is -0.506. The Labute approximate surface area is 102 Å². The predicted molar refractivity (Wildman–Crippen MR) is 64.2 cm³/mol. The van der Waals surface area contributed by atoms with Crippen LogP contribution in [0.4, 0.5) is 5.69 Å². The molecule has 0 spiro atoms. The van der Waals surface area contributed by atoms with Crippen molar-refractivity contribution in [2.24, 2.45) is 0 Å². The van der Waals surface area contributed by atoms with Gasteiger partial charge < -0.3 is 4.90 Å². The zero-order chi connectivity index (χ0) is 11.7. The molecular formula is C11H11BrN2O2. The highest BCUT2D eigenvalue weighted by Crippen LogP contribution is 2.23. The summed E-state index contributed by atoms with van der Waals surface area (Å²) in [5, 5.41) is 2.28. The summed E-state index contributed by atoms with van der Waals surface area (Å²) in [6.45, 7) is 2.43. The fourth-order valence-electron chi connectivity index (χ4n) is 1.65. The summed E-state index contributed by atoms with van der Waals surface area (Å²) < 4.78 is 1.02. The lowest BCUT2D eigenvalue weighted by molar-refractivity contribution is -0.130. The first kappa shape index (κ1) is 11.1. The third-order valence-electron chi connectivity index (χ3n) is 2.45. The number of hydrogen-bond donors (Lipinski definition) is 1. The van der Waals surface area contributed by atoms with E-state index in [-0.39, 0.29) is 24.9 Å². The van der Waals surface area contributed by atoms with Crippen molar-refractivity contribution >= 4 is 33.4 Å². The Morgan fingerprint density at radius 3 is 2.44 bits per heavy atom. The number of rotatable bonds is 1. The van der Waals surface area contributed by atoms with Crippen molar-refractivity contribution in [3.8, 4) is 0 Å². The Balaban J connectivity index is 2.26. The number of piperazine rings is 1. The molecule has 1 N–H and O–H groups in total. The zero-order valence-electron chi connectivity index (χ0n) is 8.79. The number of imide groups is 1. The molecule has 2 amide bonds. The van der Waals surface area contributed by atoms with Gasteiger partial charge in [-0.1, -0.05) is 15.9 Å². The van der Waals surface area contributed by atoms with Crippen molar-refractivity contribution in [1.29, 1.82) is 0 Å². The van der Waals surface area contributed by atoms with Crippen LogP contribution in [-0.4, -0.2) is 24.9 Å². The molecule has 16 heavy (non-hydrogen) atoms. The minimum absolute atomic E-state index is 0.229. The number of benzene rings is 1. The standard InChI is InChI=1S/C11H11BrN2O2/c1-7-4-8(2-3-9(7)12)14-5-10(15)13-11(16)6-14/h2-4H,5-6H2,1H3,(H,13,15,16). The van der Waals surface area contributed by atoms with Crippen molar-refractivity contribution in [1.82, 2.24) is 5.32 Å². The maximum absolute atomic E-state index is 11.2. The first-order chi connectivity index (χ1) is 7.56. The summed E-state index contributed by atoms with van der Waals surface area (Å²) in [7, 11) is 0. The maximum Gasteiger partial charge on any atom is 0.246 e. The van der Waals surface area contributed by atoms with E-state index in [1.807, 2.05) is 25.1 Å². The van der Waals surface area contributed by atoms with Gasteiger partial charge in [0.25, 0.3) is 0 Å². The molecule has 0 atom stereocenters. The Bertz CT molecular complexity index is 443. The van der Waals surface area contributed by atoms with E-state index in [1.54, 1.807) is 4.90 Å². The fourth-order valence-corrected chi connectivity index (χ4v) is 1.89. The number of nitrogens with zero attached hydrogens (tertiary/aromatic N) is 1. The van der Waals surface area contributed by atoms with Crippen LogP contribution in [-0.2, 0) is 9.59 Å². The minimum Gasteiger partial charge on any atom is -0.353 e. The van der Waals surface area contributed by atoms with Crippen LogP contribution in [0.3, 0.4) is 0 Å². The van der Waals surface area contributed by atoms with Gasteiger partial charge in [-0.2, -0.15) is 0 Å². The molecule has 2 rings (SSSR count). The zero-order valence-corrected chi connectivity index (χ0v) is 10.4. The van der Waals surface area contributed by atoms with Crippen LogP contribution < -0.4 is 10.2 Å². The monoisotopic (exact) mass is 282 g/mol. The van der Waals surface area contributed by atoms with Crippen molar-refractivity contribution in [3.05, 3.63) is 28.2 Å². The smallest absolute Gasteiger partial charge is 0.246 e. The second-order valence-electron chi connectivity index (χ2n) is 3.76. The highest BCUT2D eigenvalue weighted by molar-refractivity contribution is 9.10. The molecule has 5 heteroatoms. The quantitative estimate of drug-likeness (QED) is 0.788. The normalized spacial score (nSPS) is 16.2. The van der Waals surface area contributed by atoms with Gasteiger partial charge in [0.15, 0.2) is 0 Å². The SMILES string of the molecule is Cc1cc(N2CC(=O)NC(=O)C2)ccc1Br. The van der Waals surface area contributed by atoms with E-state index in [4.69, 9.17) is 0 Å². The molecule has 0 unspecified atom stereocenters. The van der Waals surface area contributed by atoms with E-state index in [0.29, 0.717) is 0 Å². The number of carbonyl (C=O) groups excluding carboxylic acids is 2. The van der Waals surface area contributed by atoms with E-state index in [2.05, 4.69) is 21.2 Å². The average Bonchev–Trinajstić information content (AvgIpc) is 2.20. The number of nitrogens with one attached hydrogen (secondary N) is 1. The summed E-state index contributed by atoms with van der Waals surface area (Å²) >= 11 is 3.41. The third-order valence-corrected chi connectivity index (χ3v) is 3.34. The van der Waals surface area contributed by atoms with Gasteiger partial charge in [0, 0.05) is 10.2 Å². The van der Waals surface area contributed by atoms with E-state index >= 15 is 0 Å². The van der Waals surface area contributed by atoms with Gasteiger partial charge in [-0.05, 0) is 30.7 Å². The molecule has 84 valence electrons. The van der Waals surface area contributed by atoms with Crippen LogP contribution in [0.25, 0.3) is 0 Å². The van der Waals surface area contributed by atoms with Crippen LogP contribution in [0.1, 0.15) is 5.56 Å². The second kappa shape index (κ2) is 4.25. The Morgan fingerprint density at radius 1 is 1.25 bits per heavy atom. The fraction of sp³-hybridized carbons (Fsp3) is 0.273. The van der Waals surface area contributed by atoms with Crippen LogP contribution in [0.15, 0.2) is 22.7 Å².